The second-order valence-electron chi connectivity index (χ2n) is 7.79. The van der Waals surface area contributed by atoms with E-state index in [9.17, 15) is 9.59 Å². The Morgan fingerprint density at radius 2 is 1.90 bits per heavy atom. The van der Waals surface area contributed by atoms with Gasteiger partial charge in [0, 0.05) is 50.0 Å². The SMILES string of the molecule is O=C(c1cncc2ccccc12)N1CCC[C@@H](n2ncc(N3CCC3)cc2=O)C1. The summed E-state index contributed by atoms with van der Waals surface area (Å²) in [5.74, 6) is -0.0377. The monoisotopic (exact) mass is 389 g/mol. The van der Waals surface area contributed by atoms with E-state index in [0.29, 0.717) is 18.7 Å². The number of likely N-dealkylation sites (tertiary alicyclic amines) is 1. The Kier molecular flexibility index (Phi) is 4.50. The van der Waals surface area contributed by atoms with Crippen LogP contribution in [0.25, 0.3) is 10.8 Å². The zero-order valence-corrected chi connectivity index (χ0v) is 16.2. The Morgan fingerprint density at radius 3 is 2.69 bits per heavy atom. The van der Waals surface area contributed by atoms with Gasteiger partial charge in [-0.2, -0.15) is 5.10 Å². The molecule has 2 saturated heterocycles. The summed E-state index contributed by atoms with van der Waals surface area (Å²) >= 11 is 0. The smallest absolute Gasteiger partial charge is 0.269 e. The van der Waals surface area contributed by atoms with E-state index < -0.39 is 0 Å². The van der Waals surface area contributed by atoms with Crippen molar-refractivity contribution >= 4 is 22.4 Å². The third kappa shape index (κ3) is 3.26. The summed E-state index contributed by atoms with van der Waals surface area (Å²) in [6.45, 7) is 3.13. The van der Waals surface area contributed by atoms with Crippen molar-refractivity contribution < 1.29 is 4.79 Å². The molecule has 1 aromatic carbocycles. The first-order chi connectivity index (χ1) is 14.2. The highest BCUT2D eigenvalue weighted by molar-refractivity contribution is 6.06. The summed E-state index contributed by atoms with van der Waals surface area (Å²) in [7, 11) is 0. The van der Waals surface area contributed by atoms with Gasteiger partial charge in [-0.25, -0.2) is 4.68 Å². The Bertz CT molecular complexity index is 1120. The second-order valence-corrected chi connectivity index (χ2v) is 7.79. The van der Waals surface area contributed by atoms with Crippen LogP contribution in [0, 0.1) is 0 Å². The molecule has 0 spiro atoms. The molecule has 3 aromatic rings. The number of pyridine rings is 1. The second kappa shape index (κ2) is 7.31. The maximum Gasteiger partial charge on any atom is 0.269 e. The number of hydrogen-bond acceptors (Lipinski definition) is 5. The van der Waals surface area contributed by atoms with E-state index in [4.69, 9.17) is 0 Å². The summed E-state index contributed by atoms with van der Waals surface area (Å²) in [6.07, 6.45) is 8.03. The summed E-state index contributed by atoms with van der Waals surface area (Å²) < 4.78 is 1.55. The number of amides is 1. The Hall–Kier alpha value is -3.22. The van der Waals surface area contributed by atoms with Crippen LogP contribution in [-0.4, -0.2) is 51.8 Å². The molecule has 7 nitrogen and oxygen atoms in total. The maximum absolute atomic E-state index is 13.2. The van der Waals surface area contributed by atoms with Crippen molar-refractivity contribution in [2.75, 3.05) is 31.1 Å². The Labute approximate surface area is 168 Å². The minimum Gasteiger partial charge on any atom is -0.370 e. The topological polar surface area (TPSA) is 71.3 Å². The fraction of sp³-hybridized carbons (Fsp3) is 0.364. The predicted octanol–water partition coefficient (Wildman–Crippen LogP) is 2.48. The number of fused-ring (bicyclic) bond motifs is 1. The highest BCUT2D eigenvalue weighted by Gasteiger charge is 2.28. The molecule has 2 aliphatic heterocycles. The molecule has 2 aromatic heterocycles. The molecular formula is C22H23N5O2. The van der Waals surface area contributed by atoms with Crippen LogP contribution in [0.2, 0.25) is 0 Å². The molecule has 0 bridgehead atoms. The van der Waals surface area contributed by atoms with Crippen molar-refractivity contribution in [2.24, 2.45) is 0 Å². The van der Waals surface area contributed by atoms with E-state index in [0.717, 1.165) is 48.8 Å². The van der Waals surface area contributed by atoms with Crippen molar-refractivity contribution in [3.8, 4) is 0 Å². The van der Waals surface area contributed by atoms with Gasteiger partial charge in [0.2, 0.25) is 0 Å². The third-order valence-corrected chi connectivity index (χ3v) is 5.96. The number of carbonyl (C=O) groups excluding carboxylic acids is 1. The highest BCUT2D eigenvalue weighted by atomic mass is 16.2. The van der Waals surface area contributed by atoms with Gasteiger partial charge in [0.25, 0.3) is 11.5 Å². The molecule has 1 amide bonds. The fourth-order valence-electron chi connectivity index (χ4n) is 4.23. The lowest BCUT2D eigenvalue weighted by Gasteiger charge is -2.34. The van der Waals surface area contributed by atoms with Gasteiger partial charge in [0.1, 0.15) is 0 Å². The lowest BCUT2D eigenvalue weighted by atomic mass is 10.0. The van der Waals surface area contributed by atoms with Crippen LogP contribution < -0.4 is 10.5 Å². The van der Waals surface area contributed by atoms with E-state index in [1.807, 2.05) is 29.2 Å². The number of anilines is 1. The van der Waals surface area contributed by atoms with Crippen molar-refractivity contribution in [3.63, 3.8) is 0 Å². The third-order valence-electron chi connectivity index (χ3n) is 5.96. The molecule has 5 rings (SSSR count). The minimum absolute atomic E-state index is 0.0377. The first-order valence-electron chi connectivity index (χ1n) is 10.2. The first kappa shape index (κ1) is 17.8. The molecule has 29 heavy (non-hydrogen) atoms. The number of piperidine rings is 1. The average Bonchev–Trinajstić information content (AvgIpc) is 2.72. The van der Waals surface area contributed by atoms with Gasteiger partial charge in [-0.3, -0.25) is 14.6 Å². The molecule has 4 heterocycles. The highest BCUT2D eigenvalue weighted by Crippen LogP contribution is 2.25. The number of nitrogens with zero attached hydrogens (tertiary/aromatic N) is 5. The lowest BCUT2D eigenvalue weighted by molar-refractivity contribution is 0.0671. The summed E-state index contributed by atoms with van der Waals surface area (Å²) in [5.41, 5.74) is 1.40. The predicted molar refractivity (Wildman–Crippen MR) is 111 cm³/mol. The van der Waals surface area contributed by atoms with E-state index >= 15 is 0 Å². The zero-order chi connectivity index (χ0) is 19.8. The Morgan fingerprint density at radius 1 is 1.03 bits per heavy atom. The van der Waals surface area contributed by atoms with E-state index in [1.165, 1.54) is 0 Å². The lowest BCUT2D eigenvalue weighted by Crippen LogP contribution is -2.44. The largest absolute Gasteiger partial charge is 0.370 e. The van der Waals surface area contributed by atoms with Crippen molar-refractivity contribution in [1.29, 1.82) is 0 Å². The van der Waals surface area contributed by atoms with Gasteiger partial charge < -0.3 is 9.80 Å². The summed E-state index contributed by atoms with van der Waals surface area (Å²) in [6, 6.07) is 9.35. The number of rotatable bonds is 3. The van der Waals surface area contributed by atoms with Gasteiger partial charge in [-0.15, -0.1) is 0 Å². The van der Waals surface area contributed by atoms with Crippen LogP contribution >= 0.6 is 0 Å². The van der Waals surface area contributed by atoms with Crippen LogP contribution in [0.15, 0.2) is 53.7 Å². The molecule has 2 aliphatic rings. The van der Waals surface area contributed by atoms with Crippen LogP contribution in [0.5, 0.6) is 0 Å². The molecule has 0 radical (unpaired) electrons. The van der Waals surface area contributed by atoms with Gasteiger partial charge in [-0.05, 0) is 24.6 Å². The molecule has 1 atom stereocenters. The van der Waals surface area contributed by atoms with Crippen LogP contribution in [0.1, 0.15) is 35.7 Å². The van der Waals surface area contributed by atoms with E-state index in [1.54, 1.807) is 29.3 Å². The van der Waals surface area contributed by atoms with Gasteiger partial charge in [0.05, 0.1) is 23.5 Å². The molecular weight excluding hydrogens is 366 g/mol. The molecule has 7 heteroatoms. The van der Waals surface area contributed by atoms with E-state index in [-0.39, 0.29) is 17.5 Å². The van der Waals surface area contributed by atoms with Gasteiger partial charge >= 0.3 is 0 Å². The molecule has 2 fully saturated rings. The summed E-state index contributed by atoms with van der Waals surface area (Å²) in [4.78, 5) is 34.1. The maximum atomic E-state index is 13.2. The molecule has 0 saturated carbocycles. The van der Waals surface area contributed by atoms with Crippen molar-refractivity contribution in [3.05, 3.63) is 64.8 Å². The Balaban J connectivity index is 1.39. The van der Waals surface area contributed by atoms with Gasteiger partial charge in [0.15, 0.2) is 0 Å². The quantitative estimate of drug-likeness (QED) is 0.688. The normalized spacial score (nSPS) is 19.2. The molecule has 0 unspecified atom stereocenters. The molecule has 0 N–H and O–H groups in total. The van der Waals surface area contributed by atoms with Gasteiger partial charge in [-0.1, -0.05) is 24.3 Å². The van der Waals surface area contributed by atoms with Crippen molar-refractivity contribution in [1.82, 2.24) is 19.7 Å². The standard InChI is InChI=1S/C22H23N5O2/c28-21-11-18(25-9-4-10-25)13-24-27(21)17-6-3-8-26(15-17)22(29)20-14-23-12-16-5-1-2-7-19(16)20/h1-2,5,7,11-14,17H,3-4,6,8-10,15H2/t17-/m1/s1. The number of aromatic nitrogens is 3. The van der Waals surface area contributed by atoms with Crippen molar-refractivity contribution in [2.45, 2.75) is 25.3 Å². The van der Waals surface area contributed by atoms with Crippen LogP contribution in [0.3, 0.4) is 0 Å². The molecule has 148 valence electrons. The minimum atomic E-state index is -0.103. The first-order valence-corrected chi connectivity index (χ1v) is 10.2. The number of benzene rings is 1. The van der Waals surface area contributed by atoms with Crippen LogP contribution in [0.4, 0.5) is 5.69 Å². The average molecular weight is 389 g/mol. The summed E-state index contributed by atoms with van der Waals surface area (Å²) in [5, 5.41) is 6.29. The van der Waals surface area contributed by atoms with Crippen LogP contribution in [-0.2, 0) is 0 Å². The van der Waals surface area contributed by atoms with E-state index in [2.05, 4.69) is 15.0 Å². The number of carbonyl (C=O) groups is 1. The number of hydrogen-bond donors (Lipinski definition) is 0. The fourth-order valence-corrected chi connectivity index (χ4v) is 4.23. The molecule has 0 aliphatic carbocycles. The zero-order valence-electron chi connectivity index (χ0n) is 16.2.